The molecular formula is C22H42O6. The first-order chi connectivity index (χ1) is 13.9. The van der Waals surface area contributed by atoms with E-state index in [0.29, 0.717) is 52.9 Å². The molecule has 1 aliphatic carbocycles. The molecule has 0 radical (unpaired) electrons. The lowest BCUT2D eigenvalue weighted by atomic mass is 9.92. The molecule has 0 unspecified atom stereocenters. The van der Waals surface area contributed by atoms with Crippen LogP contribution in [0.25, 0.3) is 0 Å². The lowest BCUT2D eigenvalue weighted by Gasteiger charge is -2.17. The van der Waals surface area contributed by atoms with Gasteiger partial charge >= 0.3 is 0 Å². The van der Waals surface area contributed by atoms with Gasteiger partial charge in [0.2, 0.25) is 0 Å². The zero-order valence-electron chi connectivity index (χ0n) is 18.5. The van der Waals surface area contributed by atoms with Crippen LogP contribution in [-0.2, 0) is 28.4 Å². The molecule has 0 aliphatic heterocycles. The molecule has 1 aliphatic rings. The highest BCUT2D eigenvalue weighted by molar-refractivity contribution is 5.13. The van der Waals surface area contributed by atoms with Gasteiger partial charge < -0.3 is 28.4 Å². The van der Waals surface area contributed by atoms with Crippen LogP contribution in [-0.4, -0.2) is 66.1 Å². The Hall–Kier alpha value is -1.08. The fourth-order valence-electron chi connectivity index (χ4n) is 2.42. The Morgan fingerprint density at radius 2 is 0.857 bits per heavy atom. The topological polar surface area (TPSA) is 55.4 Å². The maximum absolute atomic E-state index is 5.56. The number of rotatable bonds is 16. The van der Waals surface area contributed by atoms with Gasteiger partial charge in [-0.25, -0.2) is 0 Å². The van der Waals surface area contributed by atoms with Gasteiger partial charge in [0, 0.05) is 13.2 Å². The predicted molar refractivity (Wildman–Crippen MR) is 113 cm³/mol. The molecule has 0 aromatic carbocycles. The second-order valence-corrected chi connectivity index (χ2v) is 5.91. The molecule has 28 heavy (non-hydrogen) atoms. The summed E-state index contributed by atoms with van der Waals surface area (Å²) in [5, 5.41) is 0. The number of ether oxygens (including phenoxy) is 6. The molecule has 0 saturated heterocycles. The fraction of sp³-hybridized carbons (Fsp3) is 0.818. The summed E-state index contributed by atoms with van der Waals surface area (Å²) in [6, 6.07) is 0. The molecule has 6 heteroatoms. The average molecular weight is 403 g/mol. The standard InChI is InChI=1S/C20H36O6.C2H6/c1-3-21-9-11-23-13-15-25-17-19-5-7-20(8-6-19)18-26-16-14-24-12-10-22-4-2;1-2/h17-18H,3-16H2,1-2H3;1-2H3. The molecule has 0 atom stereocenters. The van der Waals surface area contributed by atoms with E-state index in [4.69, 9.17) is 28.4 Å². The molecular weight excluding hydrogens is 360 g/mol. The first-order valence-electron chi connectivity index (χ1n) is 10.8. The molecule has 1 rings (SSSR count). The number of allylic oxidation sites excluding steroid dienone is 2. The van der Waals surface area contributed by atoms with Crippen LogP contribution >= 0.6 is 0 Å². The van der Waals surface area contributed by atoms with Crippen LogP contribution in [0.1, 0.15) is 53.4 Å². The van der Waals surface area contributed by atoms with Crippen LogP contribution in [0.4, 0.5) is 0 Å². The highest BCUT2D eigenvalue weighted by atomic mass is 16.5. The van der Waals surface area contributed by atoms with Gasteiger partial charge in [0.05, 0.1) is 52.2 Å². The molecule has 0 heterocycles. The maximum Gasteiger partial charge on any atom is 0.111 e. The zero-order chi connectivity index (χ0) is 20.7. The van der Waals surface area contributed by atoms with E-state index in [2.05, 4.69) is 0 Å². The minimum Gasteiger partial charge on any atom is -0.499 e. The largest absolute Gasteiger partial charge is 0.499 e. The Balaban J connectivity index is 0.00000352. The van der Waals surface area contributed by atoms with Gasteiger partial charge in [0.25, 0.3) is 0 Å². The van der Waals surface area contributed by atoms with Gasteiger partial charge in [-0.1, -0.05) is 13.8 Å². The van der Waals surface area contributed by atoms with Crippen molar-refractivity contribution in [3.63, 3.8) is 0 Å². The summed E-state index contributed by atoms with van der Waals surface area (Å²) in [5.74, 6) is 0. The Labute approximate surface area is 172 Å². The second kappa shape index (κ2) is 22.2. The highest BCUT2D eigenvalue weighted by Crippen LogP contribution is 2.27. The molecule has 1 saturated carbocycles. The van der Waals surface area contributed by atoms with E-state index in [0.717, 1.165) is 38.9 Å². The SMILES string of the molecule is CC.CCOCCOCCOC=C1CCC(=COCCOCCOCC)CC1. The first kappa shape index (κ1) is 26.9. The molecule has 0 aromatic heterocycles. The summed E-state index contributed by atoms with van der Waals surface area (Å²) < 4.78 is 32.4. The van der Waals surface area contributed by atoms with Crippen molar-refractivity contribution in [2.75, 3.05) is 66.1 Å². The second-order valence-electron chi connectivity index (χ2n) is 5.91. The smallest absolute Gasteiger partial charge is 0.111 e. The van der Waals surface area contributed by atoms with Crippen molar-refractivity contribution in [2.45, 2.75) is 53.4 Å². The monoisotopic (exact) mass is 402 g/mol. The van der Waals surface area contributed by atoms with E-state index in [1.165, 1.54) is 11.1 Å². The summed E-state index contributed by atoms with van der Waals surface area (Å²) in [6.07, 6.45) is 7.93. The molecule has 0 N–H and O–H groups in total. The normalized spacial score (nSPS) is 13.6. The maximum atomic E-state index is 5.56. The molecule has 0 aromatic rings. The average Bonchev–Trinajstić information content (AvgIpc) is 2.74. The molecule has 6 nitrogen and oxygen atoms in total. The zero-order valence-corrected chi connectivity index (χ0v) is 18.5. The molecule has 1 fully saturated rings. The predicted octanol–water partition coefficient (Wildman–Crippen LogP) is 4.49. The van der Waals surface area contributed by atoms with Crippen LogP contribution in [0.2, 0.25) is 0 Å². The van der Waals surface area contributed by atoms with Gasteiger partial charge in [-0.2, -0.15) is 0 Å². The highest BCUT2D eigenvalue weighted by Gasteiger charge is 2.10. The van der Waals surface area contributed by atoms with E-state index >= 15 is 0 Å². The van der Waals surface area contributed by atoms with Crippen molar-refractivity contribution >= 4 is 0 Å². The van der Waals surface area contributed by atoms with E-state index in [1.807, 2.05) is 40.2 Å². The fourth-order valence-corrected chi connectivity index (χ4v) is 2.42. The van der Waals surface area contributed by atoms with E-state index in [9.17, 15) is 0 Å². The lowest BCUT2D eigenvalue weighted by Crippen LogP contribution is -2.08. The van der Waals surface area contributed by atoms with E-state index in [1.54, 1.807) is 0 Å². The van der Waals surface area contributed by atoms with E-state index < -0.39 is 0 Å². The van der Waals surface area contributed by atoms with Crippen molar-refractivity contribution in [1.29, 1.82) is 0 Å². The van der Waals surface area contributed by atoms with E-state index in [-0.39, 0.29) is 0 Å². The van der Waals surface area contributed by atoms with Crippen LogP contribution in [0.5, 0.6) is 0 Å². The van der Waals surface area contributed by atoms with Gasteiger partial charge in [-0.05, 0) is 50.7 Å². The van der Waals surface area contributed by atoms with Gasteiger partial charge in [-0.15, -0.1) is 0 Å². The van der Waals surface area contributed by atoms with Gasteiger partial charge in [-0.3, -0.25) is 0 Å². The van der Waals surface area contributed by atoms with Crippen LogP contribution in [0.3, 0.4) is 0 Å². The summed E-state index contributed by atoms with van der Waals surface area (Å²) in [5.41, 5.74) is 2.71. The summed E-state index contributed by atoms with van der Waals surface area (Å²) in [7, 11) is 0. The Morgan fingerprint density at radius 3 is 1.21 bits per heavy atom. The third-order valence-electron chi connectivity index (χ3n) is 3.88. The summed E-state index contributed by atoms with van der Waals surface area (Å²) in [6.45, 7) is 14.3. The number of hydrogen-bond acceptors (Lipinski definition) is 6. The van der Waals surface area contributed by atoms with Crippen LogP contribution in [0, 0.1) is 0 Å². The van der Waals surface area contributed by atoms with Crippen molar-refractivity contribution in [1.82, 2.24) is 0 Å². The minimum absolute atomic E-state index is 0.588. The quantitative estimate of drug-likeness (QED) is 0.280. The molecule has 0 spiro atoms. The molecule has 0 amide bonds. The van der Waals surface area contributed by atoms with Crippen molar-refractivity contribution < 1.29 is 28.4 Å². The van der Waals surface area contributed by atoms with Crippen LogP contribution in [0.15, 0.2) is 23.7 Å². The van der Waals surface area contributed by atoms with Crippen LogP contribution < -0.4 is 0 Å². The Bertz CT molecular complexity index is 333. The van der Waals surface area contributed by atoms with Crippen molar-refractivity contribution in [3.8, 4) is 0 Å². The van der Waals surface area contributed by atoms with Gasteiger partial charge in [0.15, 0.2) is 0 Å². The van der Waals surface area contributed by atoms with Crippen molar-refractivity contribution in [3.05, 3.63) is 23.7 Å². The number of hydrogen-bond donors (Lipinski definition) is 0. The lowest BCUT2D eigenvalue weighted by molar-refractivity contribution is 0.0336. The molecule has 166 valence electrons. The third kappa shape index (κ3) is 17.0. The minimum atomic E-state index is 0.588. The summed E-state index contributed by atoms with van der Waals surface area (Å²) >= 11 is 0. The Kier molecular flexibility index (Phi) is 21.4. The van der Waals surface area contributed by atoms with Gasteiger partial charge in [0.1, 0.15) is 13.2 Å². The Morgan fingerprint density at radius 1 is 0.536 bits per heavy atom. The third-order valence-corrected chi connectivity index (χ3v) is 3.88. The summed E-state index contributed by atoms with van der Waals surface area (Å²) in [4.78, 5) is 0. The first-order valence-corrected chi connectivity index (χ1v) is 10.8. The molecule has 0 bridgehead atoms. The van der Waals surface area contributed by atoms with Crippen molar-refractivity contribution in [2.24, 2.45) is 0 Å².